The van der Waals surface area contributed by atoms with Crippen molar-refractivity contribution in [3.05, 3.63) is 0 Å². The summed E-state index contributed by atoms with van der Waals surface area (Å²) in [5.41, 5.74) is -0.222. The Balaban J connectivity index is 2.18. The van der Waals surface area contributed by atoms with Crippen molar-refractivity contribution >= 4 is 28.7 Å². The van der Waals surface area contributed by atoms with Gasteiger partial charge < -0.3 is 0 Å². The molecule has 5 heteroatoms. The molecule has 0 spiro atoms. The van der Waals surface area contributed by atoms with E-state index in [1.54, 1.807) is 0 Å². The number of carbonyl (C=O) groups excluding carboxylic acids is 3. The first kappa shape index (κ1) is 9.65. The molecule has 0 aromatic rings. The number of imide groups is 1. The zero-order valence-electron chi connectivity index (χ0n) is 7.91. The maximum absolute atomic E-state index is 11.6. The highest BCUT2D eigenvalue weighted by Gasteiger charge is 2.72. The third kappa shape index (κ3) is 1.03. The van der Waals surface area contributed by atoms with E-state index >= 15 is 0 Å². The standard InChI is InChI=1S/C9H10ClNO3/c1-9(2)5-6(9)8(14)11(7(5)13)3-4(10)12/h5-6H,3H2,1-2H3. The van der Waals surface area contributed by atoms with Gasteiger partial charge in [-0.15, -0.1) is 0 Å². The van der Waals surface area contributed by atoms with E-state index in [-0.39, 0.29) is 35.6 Å². The molecule has 76 valence electrons. The minimum atomic E-state index is -0.675. The Hall–Kier alpha value is -0.900. The molecule has 14 heavy (non-hydrogen) atoms. The van der Waals surface area contributed by atoms with Crippen molar-refractivity contribution in [2.45, 2.75) is 13.8 Å². The van der Waals surface area contributed by atoms with Crippen LogP contribution in [0.4, 0.5) is 0 Å². The molecule has 1 aliphatic carbocycles. The number of likely N-dealkylation sites (tertiary alicyclic amines) is 1. The number of carbonyl (C=O) groups is 3. The Bertz CT molecular complexity index is 326. The van der Waals surface area contributed by atoms with E-state index in [1.165, 1.54) is 0 Å². The Morgan fingerprint density at radius 2 is 1.79 bits per heavy atom. The Kier molecular flexibility index (Phi) is 1.77. The maximum atomic E-state index is 11.6. The molecule has 2 fully saturated rings. The van der Waals surface area contributed by atoms with E-state index in [1.807, 2.05) is 13.8 Å². The average molecular weight is 216 g/mol. The number of hydrogen-bond acceptors (Lipinski definition) is 3. The lowest BCUT2D eigenvalue weighted by atomic mass is 10.1. The Morgan fingerprint density at radius 1 is 1.36 bits per heavy atom. The normalized spacial score (nSPS) is 33.2. The van der Waals surface area contributed by atoms with Crippen LogP contribution in [0.15, 0.2) is 0 Å². The molecular formula is C9H10ClNO3. The largest absolute Gasteiger partial charge is 0.279 e. The van der Waals surface area contributed by atoms with Crippen molar-refractivity contribution < 1.29 is 14.4 Å². The lowest BCUT2D eigenvalue weighted by molar-refractivity contribution is -0.144. The van der Waals surface area contributed by atoms with Crippen LogP contribution in [0.3, 0.4) is 0 Å². The molecular weight excluding hydrogens is 206 g/mol. The minimum Gasteiger partial charge on any atom is -0.279 e. The van der Waals surface area contributed by atoms with E-state index in [4.69, 9.17) is 11.6 Å². The summed E-state index contributed by atoms with van der Waals surface area (Å²) in [6, 6.07) is 0. The van der Waals surface area contributed by atoms with Crippen LogP contribution in [-0.4, -0.2) is 28.5 Å². The van der Waals surface area contributed by atoms with Gasteiger partial charge in [0.25, 0.3) is 0 Å². The van der Waals surface area contributed by atoms with Gasteiger partial charge in [-0.25, -0.2) is 0 Å². The zero-order valence-corrected chi connectivity index (χ0v) is 8.67. The smallest absolute Gasteiger partial charge is 0.241 e. The molecule has 4 nitrogen and oxygen atoms in total. The van der Waals surface area contributed by atoms with E-state index in [0.29, 0.717) is 0 Å². The number of rotatable bonds is 2. The fourth-order valence-corrected chi connectivity index (χ4v) is 2.40. The predicted octanol–water partition coefficient (Wildman–Crippen LogP) is 0.393. The van der Waals surface area contributed by atoms with E-state index < -0.39 is 5.24 Å². The zero-order chi connectivity index (χ0) is 10.7. The number of fused-ring (bicyclic) bond motifs is 1. The summed E-state index contributed by atoms with van der Waals surface area (Å²) in [6.45, 7) is 3.48. The average Bonchev–Trinajstić information content (AvgIpc) is 2.51. The molecule has 1 heterocycles. The number of nitrogens with zero attached hydrogens (tertiary/aromatic N) is 1. The first-order chi connectivity index (χ1) is 6.37. The van der Waals surface area contributed by atoms with Gasteiger partial charge in [0.15, 0.2) is 0 Å². The number of hydrogen-bond donors (Lipinski definition) is 0. The van der Waals surface area contributed by atoms with Crippen LogP contribution in [0.2, 0.25) is 0 Å². The summed E-state index contributed by atoms with van der Waals surface area (Å²) in [4.78, 5) is 34.8. The first-order valence-electron chi connectivity index (χ1n) is 4.41. The molecule has 1 saturated carbocycles. The van der Waals surface area contributed by atoms with Crippen molar-refractivity contribution in [3.63, 3.8) is 0 Å². The molecule has 0 bridgehead atoms. The molecule has 0 aromatic heterocycles. The first-order valence-corrected chi connectivity index (χ1v) is 4.78. The molecule has 2 unspecified atom stereocenters. The third-order valence-electron chi connectivity index (χ3n) is 3.17. The topological polar surface area (TPSA) is 54.5 Å². The second-order valence-corrected chi connectivity index (χ2v) is 4.82. The highest BCUT2D eigenvalue weighted by atomic mass is 35.5. The fraction of sp³-hybridized carbons (Fsp3) is 0.667. The van der Waals surface area contributed by atoms with E-state index in [0.717, 1.165) is 4.90 Å². The van der Waals surface area contributed by atoms with Gasteiger partial charge in [-0.2, -0.15) is 0 Å². The van der Waals surface area contributed by atoms with Crippen molar-refractivity contribution in [3.8, 4) is 0 Å². The van der Waals surface area contributed by atoms with Crippen LogP contribution in [0, 0.1) is 17.3 Å². The number of piperidine rings is 1. The summed E-state index contributed by atoms with van der Waals surface area (Å²) in [5.74, 6) is -0.963. The van der Waals surface area contributed by atoms with Crippen LogP contribution in [-0.2, 0) is 14.4 Å². The van der Waals surface area contributed by atoms with Gasteiger partial charge in [0, 0.05) is 0 Å². The lowest BCUT2D eigenvalue weighted by Gasteiger charge is -2.18. The highest BCUT2D eigenvalue weighted by Crippen LogP contribution is 2.63. The monoisotopic (exact) mass is 215 g/mol. The van der Waals surface area contributed by atoms with Crippen LogP contribution in [0.5, 0.6) is 0 Å². The van der Waals surface area contributed by atoms with Crippen molar-refractivity contribution in [2.75, 3.05) is 6.54 Å². The Labute approximate surface area is 86.2 Å². The highest BCUT2D eigenvalue weighted by molar-refractivity contribution is 6.64. The molecule has 2 atom stereocenters. The van der Waals surface area contributed by atoms with Gasteiger partial charge in [-0.3, -0.25) is 19.3 Å². The second kappa shape index (κ2) is 2.57. The number of amides is 2. The summed E-state index contributed by atoms with van der Waals surface area (Å²) in [5, 5.41) is -0.675. The summed E-state index contributed by atoms with van der Waals surface area (Å²) in [7, 11) is 0. The SMILES string of the molecule is CC1(C)C2C(=O)N(CC(=O)Cl)C(=O)C21. The molecule has 1 saturated heterocycles. The van der Waals surface area contributed by atoms with E-state index in [2.05, 4.69) is 0 Å². The third-order valence-corrected chi connectivity index (χ3v) is 3.29. The quantitative estimate of drug-likeness (QED) is 0.495. The van der Waals surface area contributed by atoms with Crippen molar-refractivity contribution in [1.29, 1.82) is 0 Å². The molecule has 0 N–H and O–H groups in total. The molecule has 2 aliphatic rings. The van der Waals surface area contributed by atoms with Gasteiger partial charge >= 0.3 is 0 Å². The van der Waals surface area contributed by atoms with Gasteiger partial charge in [0.05, 0.1) is 11.8 Å². The molecule has 0 radical (unpaired) electrons. The van der Waals surface area contributed by atoms with Crippen LogP contribution < -0.4 is 0 Å². The molecule has 2 rings (SSSR count). The van der Waals surface area contributed by atoms with Gasteiger partial charge in [-0.1, -0.05) is 13.8 Å². The van der Waals surface area contributed by atoms with Crippen molar-refractivity contribution in [2.24, 2.45) is 17.3 Å². The second-order valence-electron chi connectivity index (χ2n) is 4.39. The molecule has 2 amide bonds. The fourth-order valence-electron chi connectivity index (χ4n) is 2.28. The summed E-state index contributed by atoms with van der Waals surface area (Å²) < 4.78 is 0. The number of halogens is 1. The van der Waals surface area contributed by atoms with Gasteiger partial charge in [-0.05, 0) is 17.0 Å². The Morgan fingerprint density at radius 3 is 2.14 bits per heavy atom. The van der Waals surface area contributed by atoms with Crippen molar-refractivity contribution in [1.82, 2.24) is 4.90 Å². The molecule has 1 aliphatic heterocycles. The molecule has 0 aromatic carbocycles. The van der Waals surface area contributed by atoms with Gasteiger partial charge in [0.2, 0.25) is 17.1 Å². The lowest BCUT2D eigenvalue weighted by Crippen LogP contribution is -2.38. The maximum Gasteiger partial charge on any atom is 0.241 e. The summed E-state index contributed by atoms with van der Waals surface area (Å²) >= 11 is 5.14. The predicted molar refractivity (Wildman–Crippen MR) is 48.3 cm³/mol. The van der Waals surface area contributed by atoms with Crippen LogP contribution >= 0.6 is 11.6 Å². The summed E-state index contributed by atoms with van der Waals surface area (Å²) in [6.07, 6.45) is 0. The van der Waals surface area contributed by atoms with Gasteiger partial charge in [0.1, 0.15) is 6.54 Å². The van der Waals surface area contributed by atoms with Crippen LogP contribution in [0.1, 0.15) is 13.8 Å². The van der Waals surface area contributed by atoms with Crippen LogP contribution in [0.25, 0.3) is 0 Å². The van der Waals surface area contributed by atoms with E-state index in [9.17, 15) is 14.4 Å². The minimum absolute atomic E-state index is 0.222.